The summed E-state index contributed by atoms with van der Waals surface area (Å²) in [5, 5.41) is 4.44. The molecule has 3 rings (SSSR count). The van der Waals surface area contributed by atoms with E-state index in [4.69, 9.17) is 0 Å². The van der Waals surface area contributed by atoms with Gasteiger partial charge in [-0.15, -0.1) is 0 Å². The fourth-order valence-electron chi connectivity index (χ4n) is 2.15. The molecule has 0 unspecified atom stereocenters. The third kappa shape index (κ3) is 3.17. The molecule has 104 valence electrons. The second kappa shape index (κ2) is 6.05. The van der Waals surface area contributed by atoms with E-state index in [1.807, 2.05) is 18.7 Å². The molecule has 3 aromatic rings. The molecule has 2 heterocycles. The van der Waals surface area contributed by atoms with Crippen LogP contribution < -0.4 is 5.32 Å². The minimum atomic E-state index is 0.966. The Bertz CT molecular complexity index is 672. The highest BCUT2D eigenvalue weighted by atomic mass is 32.1. The predicted molar refractivity (Wildman–Crippen MR) is 84.3 cm³/mol. The summed E-state index contributed by atoms with van der Waals surface area (Å²) in [7, 11) is 0. The van der Waals surface area contributed by atoms with Crippen molar-refractivity contribution in [3.8, 4) is 0 Å². The second-order valence-electron chi connectivity index (χ2n) is 4.92. The Hall–Kier alpha value is -1.88. The number of nitrogens with zero attached hydrogens (tertiary/aromatic N) is 3. The summed E-state index contributed by atoms with van der Waals surface area (Å²) in [4.78, 5) is 8.65. The van der Waals surface area contributed by atoms with Crippen LogP contribution in [0.4, 0.5) is 5.13 Å². The molecule has 0 aliphatic carbocycles. The number of unbranched alkanes of at least 4 members (excludes halogenated alkanes) is 1. The van der Waals surface area contributed by atoms with Gasteiger partial charge in [0, 0.05) is 25.5 Å². The highest BCUT2D eigenvalue weighted by Gasteiger charge is 2.02. The predicted octanol–water partition coefficient (Wildman–Crippen LogP) is 3.69. The summed E-state index contributed by atoms with van der Waals surface area (Å²) in [6.07, 6.45) is 7.97. The number of nitrogens with one attached hydrogen (secondary N) is 1. The third-order valence-corrected chi connectivity index (χ3v) is 4.22. The summed E-state index contributed by atoms with van der Waals surface area (Å²) < 4.78 is 3.36. The molecule has 4 nitrogen and oxygen atoms in total. The summed E-state index contributed by atoms with van der Waals surface area (Å²) >= 11 is 1.72. The number of thiazole rings is 1. The highest BCUT2D eigenvalue weighted by Crippen LogP contribution is 2.26. The molecular formula is C15H18N4S. The van der Waals surface area contributed by atoms with E-state index >= 15 is 0 Å². The molecule has 0 aliphatic rings. The number of fused-ring (bicyclic) bond motifs is 1. The molecule has 0 bridgehead atoms. The van der Waals surface area contributed by atoms with Crippen LogP contribution in [0.3, 0.4) is 0 Å². The van der Waals surface area contributed by atoms with Crippen LogP contribution in [0.2, 0.25) is 0 Å². The fourth-order valence-corrected chi connectivity index (χ4v) is 3.02. The molecule has 0 fully saturated rings. The zero-order valence-corrected chi connectivity index (χ0v) is 12.4. The van der Waals surface area contributed by atoms with Gasteiger partial charge >= 0.3 is 0 Å². The van der Waals surface area contributed by atoms with E-state index < -0.39 is 0 Å². The van der Waals surface area contributed by atoms with Crippen LogP contribution >= 0.6 is 11.3 Å². The van der Waals surface area contributed by atoms with Gasteiger partial charge in [-0.25, -0.2) is 9.97 Å². The lowest BCUT2D eigenvalue weighted by atomic mass is 10.2. The molecule has 0 spiro atoms. The van der Waals surface area contributed by atoms with Gasteiger partial charge in [0.1, 0.15) is 0 Å². The molecule has 0 aliphatic heterocycles. The number of anilines is 1. The minimum Gasteiger partial charge on any atom is -0.361 e. The van der Waals surface area contributed by atoms with Crippen molar-refractivity contribution in [3.05, 3.63) is 42.5 Å². The van der Waals surface area contributed by atoms with Crippen LogP contribution in [0, 0.1) is 6.92 Å². The quantitative estimate of drug-likeness (QED) is 0.703. The topological polar surface area (TPSA) is 42.7 Å². The average molecular weight is 286 g/mol. The molecule has 0 atom stereocenters. The number of hydrogen-bond acceptors (Lipinski definition) is 4. The van der Waals surface area contributed by atoms with Gasteiger partial charge in [0.15, 0.2) is 5.13 Å². The molecule has 1 aromatic carbocycles. The van der Waals surface area contributed by atoms with Crippen LogP contribution in [-0.4, -0.2) is 21.1 Å². The van der Waals surface area contributed by atoms with E-state index in [-0.39, 0.29) is 0 Å². The molecule has 0 amide bonds. The lowest BCUT2D eigenvalue weighted by Gasteiger charge is -2.03. The van der Waals surface area contributed by atoms with Gasteiger partial charge in [0.25, 0.3) is 0 Å². The maximum absolute atomic E-state index is 4.61. The Morgan fingerprint density at radius 1 is 1.30 bits per heavy atom. The van der Waals surface area contributed by atoms with Crippen LogP contribution in [-0.2, 0) is 6.54 Å². The molecule has 20 heavy (non-hydrogen) atoms. The zero-order chi connectivity index (χ0) is 13.8. The monoisotopic (exact) mass is 286 g/mol. The van der Waals surface area contributed by atoms with Crippen LogP contribution in [0.5, 0.6) is 0 Å². The van der Waals surface area contributed by atoms with Crippen LogP contribution in [0.25, 0.3) is 10.2 Å². The number of aromatic nitrogens is 3. The molecule has 0 radical (unpaired) electrons. The lowest BCUT2D eigenvalue weighted by molar-refractivity contribution is 0.621. The summed E-state index contributed by atoms with van der Waals surface area (Å²) in [5.41, 5.74) is 2.35. The van der Waals surface area contributed by atoms with Crippen molar-refractivity contribution in [2.45, 2.75) is 26.3 Å². The highest BCUT2D eigenvalue weighted by molar-refractivity contribution is 7.22. The number of aryl methyl sites for hydroxylation is 2. The van der Waals surface area contributed by atoms with Gasteiger partial charge in [-0.3, -0.25) is 0 Å². The molecule has 0 saturated heterocycles. The van der Waals surface area contributed by atoms with Crippen molar-refractivity contribution in [1.82, 2.24) is 14.5 Å². The molecule has 1 N–H and O–H groups in total. The van der Waals surface area contributed by atoms with Crippen LogP contribution in [0.15, 0.2) is 36.9 Å². The van der Waals surface area contributed by atoms with Gasteiger partial charge in [0.05, 0.1) is 16.5 Å². The first-order chi connectivity index (χ1) is 9.81. The summed E-state index contributed by atoms with van der Waals surface area (Å²) in [6.45, 7) is 4.09. The Morgan fingerprint density at radius 3 is 3.10 bits per heavy atom. The van der Waals surface area contributed by atoms with Gasteiger partial charge in [-0.2, -0.15) is 0 Å². The third-order valence-electron chi connectivity index (χ3n) is 3.22. The van der Waals surface area contributed by atoms with Crippen molar-refractivity contribution in [3.63, 3.8) is 0 Å². The summed E-state index contributed by atoms with van der Waals surface area (Å²) in [5.74, 6) is 0. The minimum absolute atomic E-state index is 0.966. The first-order valence-corrected chi connectivity index (χ1v) is 7.70. The molecule has 5 heteroatoms. The second-order valence-corrected chi connectivity index (χ2v) is 5.96. The Labute approximate surface area is 122 Å². The first kappa shape index (κ1) is 13.1. The first-order valence-electron chi connectivity index (χ1n) is 6.88. The largest absolute Gasteiger partial charge is 0.361 e. The smallest absolute Gasteiger partial charge is 0.183 e. The lowest BCUT2D eigenvalue weighted by Crippen LogP contribution is -2.03. The Balaban J connectivity index is 1.47. The fraction of sp³-hybridized carbons (Fsp3) is 0.333. The normalized spacial score (nSPS) is 11.1. The van der Waals surface area contributed by atoms with Crippen molar-refractivity contribution in [1.29, 1.82) is 0 Å². The number of hydrogen-bond donors (Lipinski definition) is 1. The molecule has 2 aromatic heterocycles. The van der Waals surface area contributed by atoms with Crippen molar-refractivity contribution in [2.24, 2.45) is 0 Å². The maximum atomic E-state index is 4.61. The van der Waals surface area contributed by atoms with Crippen molar-refractivity contribution in [2.75, 3.05) is 11.9 Å². The van der Waals surface area contributed by atoms with Crippen molar-refractivity contribution < 1.29 is 0 Å². The van der Waals surface area contributed by atoms with E-state index in [1.165, 1.54) is 10.3 Å². The zero-order valence-electron chi connectivity index (χ0n) is 11.5. The maximum Gasteiger partial charge on any atom is 0.183 e. The van der Waals surface area contributed by atoms with Crippen molar-refractivity contribution >= 4 is 26.7 Å². The van der Waals surface area contributed by atoms with Gasteiger partial charge < -0.3 is 9.88 Å². The number of rotatable bonds is 6. The standard InChI is InChI=1S/C15H18N4S/c1-12-4-5-14-13(10-12)18-15(20-14)17-6-2-3-8-19-9-7-16-11-19/h4-5,7,9-11H,2-3,6,8H2,1H3,(H,17,18). The van der Waals surface area contributed by atoms with E-state index in [0.29, 0.717) is 0 Å². The molecule has 0 saturated carbocycles. The Kier molecular flexibility index (Phi) is 3.97. The number of imidazole rings is 1. The van der Waals surface area contributed by atoms with E-state index in [0.717, 1.165) is 36.6 Å². The molecular weight excluding hydrogens is 268 g/mol. The van der Waals surface area contributed by atoms with Crippen LogP contribution in [0.1, 0.15) is 18.4 Å². The summed E-state index contributed by atoms with van der Waals surface area (Å²) in [6, 6.07) is 6.41. The van der Waals surface area contributed by atoms with Gasteiger partial charge in [-0.1, -0.05) is 17.4 Å². The van der Waals surface area contributed by atoms with E-state index in [1.54, 1.807) is 11.3 Å². The van der Waals surface area contributed by atoms with Gasteiger partial charge in [-0.05, 0) is 37.5 Å². The van der Waals surface area contributed by atoms with E-state index in [2.05, 4.69) is 45.0 Å². The number of benzene rings is 1. The average Bonchev–Trinajstić information content (AvgIpc) is 3.06. The Morgan fingerprint density at radius 2 is 2.25 bits per heavy atom. The van der Waals surface area contributed by atoms with E-state index in [9.17, 15) is 0 Å². The van der Waals surface area contributed by atoms with Gasteiger partial charge in [0.2, 0.25) is 0 Å². The SMILES string of the molecule is Cc1ccc2sc(NCCCCn3ccnc3)nc2c1.